The minimum Gasteiger partial charge on any atom is -0.497 e. The molecular weight excluding hydrogens is 404 g/mol. The quantitative estimate of drug-likeness (QED) is 0.380. The molecule has 0 aliphatic heterocycles. The predicted molar refractivity (Wildman–Crippen MR) is 141 cm³/mol. The van der Waals surface area contributed by atoms with Gasteiger partial charge in [-0.15, -0.1) is 0 Å². The van der Waals surface area contributed by atoms with Crippen molar-refractivity contribution in [3.05, 3.63) is 82.9 Å². The lowest BCUT2D eigenvalue weighted by Crippen LogP contribution is -2.49. The minimum atomic E-state index is -2.06. The van der Waals surface area contributed by atoms with Gasteiger partial charge in [-0.3, -0.25) is 0 Å². The molecule has 1 aliphatic carbocycles. The van der Waals surface area contributed by atoms with Crippen molar-refractivity contribution in [1.29, 1.82) is 0 Å². The van der Waals surface area contributed by atoms with Crippen molar-refractivity contribution in [3.63, 3.8) is 0 Å². The summed E-state index contributed by atoms with van der Waals surface area (Å²) in [5.74, 6) is 1.10. The largest absolute Gasteiger partial charge is 0.497 e. The third-order valence-corrected chi connectivity index (χ3v) is 11.0. The van der Waals surface area contributed by atoms with Gasteiger partial charge >= 0.3 is 0 Å². The van der Waals surface area contributed by atoms with Crippen LogP contribution in [0, 0.1) is 0 Å². The van der Waals surface area contributed by atoms with E-state index < -0.39 is 8.07 Å². The van der Waals surface area contributed by atoms with Gasteiger partial charge in [0.05, 0.1) is 15.2 Å². The van der Waals surface area contributed by atoms with Crippen molar-refractivity contribution < 1.29 is 4.74 Å². The monoisotopic (exact) mass is 442 g/mol. The first-order valence-electron chi connectivity index (χ1n) is 11.8. The fraction of sp³-hybridized carbons (Fsp3) is 0.400. The van der Waals surface area contributed by atoms with Gasteiger partial charge < -0.3 is 4.74 Å². The van der Waals surface area contributed by atoms with E-state index in [-0.39, 0.29) is 10.8 Å². The standard InChI is InChI=1S/C30H38OSi/c1-29(2,3)20-18-25(30(4,5)6)27(31-7)26(19-20)32(8,9)28-23-16-12-10-14-21(23)22-15-11-13-17-24(22)28/h10-19,28H,1-9H3. The molecule has 4 rings (SSSR count). The molecule has 0 saturated heterocycles. The van der Waals surface area contributed by atoms with Crippen LogP contribution in [0.25, 0.3) is 11.1 Å². The number of hydrogen-bond acceptors (Lipinski definition) is 1. The van der Waals surface area contributed by atoms with Crippen LogP contribution in [0.1, 0.15) is 69.3 Å². The highest BCUT2D eigenvalue weighted by Crippen LogP contribution is 2.49. The van der Waals surface area contributed by atoms with Crippen LogP contribution in [0.5, 0.6) is 5.75 Å². The minimum absolute atomic E-state index is 0.0112. The molecule has 0 heterocycles. The second kappa shape index (κ2) is 7.62. The van der Waals surface area contributed by atoms with Crippen LogP contribution in [0.15, 0.2) is 60.7 Å². The second-order valence-electron chi connectivity index (χ2n) is 11.9. The molecule has 0 atom stereocenters. The molecule has 0 N–H and O–H groups in total. The van der Waals surface area contributed by atoms with Gasteiger partial charge in [0.15, 0.2) is 0 Å². The van der Waals surface area contributed by atoms with E-state index in [4.69, 9.17) is 4.74 Å². The van der Waals surface area contributed by atoms with Gasteiger partial charge in [0, 0.05) is 5.54 Å². The Kier molecular flexibility index (Phi) is 5.45. The zero-order valence-corrected chi connectivity index (χ0v) is 22.3. The number of hydrogen-bond donors (Lipinski definition) is 0. The Morgan fingerprint density at radius 1 is 0.719 bits per heavy atom. The highest BCUT2D eigenvalue weighted by Gasteiger charge is 2.44. The highest BCUT2D eigenvalue weighted by molar-refractivity contribution is 6.92. The summed E-state index contributed by atoms with van der Waals surface area (Å²) in [6.45, 7) is 18.9. The average molecular weight is 443 g/mol. The molecule has 32 heavy (non-hydrogen) atoms. The Labute approximate surface area is 195 Å². The molecule has 0 unspecified atom stereocenters. The summed E-state index contributed by atoms with van der Waals surface area (Å²) in [6.07, 6.45) is 0. The summed E-state index contributed by atoms with van der Waals surface area (Å²) >= 11 is 0. The number of rotatable bonds is 3. The normalized spacial score (nSPS) is 14.3. The number of ether oxygens (including phenoxy) is 1. The van der Waals surface area contributed by atoms with E-state index in [2.05, 4.69) is 115 Å². The Balaban J connectivity index is 2.03. The molecule has 168 valence electrons. The number of benzene rings is 3. The Hall–Kier alpha value is -2.32. The van der Waals surface area contributed by atoms with Gasteiger partial charge in [-0.25, -0.2) is 0 Å². The number of methoxy groups -OCH3 is 1. The van der Waals surface area contributed by atoms with Crippen LogP contribution in [0.2, 0.25) is 13.1 Å². The molecule has 1 aliphatic rings. The topological polar surface area (TPSA) is 9.23 Å². The van der Waals surface area contributed by atoms with E-state index in [1.165, 1.54) is 38.6 Å². The summed E-state index contributed by atoms with van der Waals surface area (Å²) in [7, 11) is -0.207. The van der Waals surface area contributed by atoms with Crippen LogP contribution in [0.3, 0.4) is 0 Å². The van der Waals surface area contributed by atoms with Crippen molar-refractivity contribution in [3.8, 4) is 16.9 Å². The lowest BCUT2D eigenvalue weighted by Gasteiger charge is -2.37. The molecule has 3 aromatic rings. The first-order valence-corrected chi connectivity index (χ1v) is 14.9. The summed E-state index contributed by atoms with van der Waals surface area (Å²) in [6, 6.07) is 22.9. The van der Waals surface area contributed by atoms with Crippen LogP contribution in [-0.2, 0) is 10.8 Å². The predicted octanol–water partition coefficient (Wildman–Crippen LogP) is 7.56. The van der Waals surface area contributed by atoms with Crippen LogP contribution < -0.4 is 9.92 Å². The molecule has 0 bridgehead atoms. The molecular formula is C30H38OSi. The van der Waals surface area contributed by atoms with E-state index in [9.17, 15) is 0 Å². The highest BCUT2D eigenvalue weighted by atomic mass is 28.3. The molecule has 0 spiro atoms. The summed E-state index contributed by atoms with van der Waals surface area (Å²) in [5, 5.41) is 1.44. The molecule has 0 aromatic heterocycles. The van der Waals surface area contributed by atoms with Gasteiger partial charge in [0.25, 0.3) is 0 Å². The van der Waals surface area contributed by atoms with E-state index in [0.717, 1.165) is 5.75 Å². The third-order valence-electron chi connectivity index (χ3n) is 7.22. The first-order chi connectivity index (χ1) is 14.9. The van der Waals surface area contributed by atoms with Gasteiger partial charge in [-0.1, -0.05) is 115 Å². The summed E-state index contributed by atoms with van der Waals surface area (Å²) in [4.78, 5) is 0. The van der Waals surface area contributed by atoms with Crippen molar-refractivity contribution in [2.24, 2.45) is 0 Å². The Morgan fingerprint density at radius 2 is 1.22 bits per heavy atom. The van der Waals surface area contributed by atoms with Gasteiger partial charge in [0.2, 0.25) is 0 Å². The van der Waals surface area contributed by atoms with Crippen molar-refractivity contribution in [2.75, 3.05) is 7.11 Å². The molecule has 2 heteroatoms. The van der Waals surface area contributed by atoms with Crippen LogP contribution >= 0.6 is 0 Å². The van der Waals surface area contributed by atoms with Crippen molar-refractivity contribution in [1.82, 2.24) is 0 Å². The molecule has 3 aromatic carbocycles. The van der Waals surface area contributed by atoms with Crippen molar-refractivity contribution >= 4 is 13.3 Å². The maximum atomic E-state index is 6.23. The maximum Gasteiger partial charge on any atom is 0.121 e. The fourth-order valence-electron chi connectivity index (χ4n) is 5.41. The lowest BCUT2D eigenvalue weighted by molar-refractivity contribution is 0.399. The Bertz CT molecular complexity index is 1110. The Morgan fingerprint density at radius 3 is 1.66 bits per heavy atom. The molecule has 0 radical (unpaired) electrons. The van der Waals surface area contributed by atoms with E-state index in [1.54, 1.807) is 0 Å². The number of fused-ring (bicyclic) bond motifs is 3. The van der Waals surface area contributed by atoms with Crippen LogP contribution in [-0.4, -0.2) is 15.2 Å². The SMILES string of the molecule is COc1c(C(C)(C)C)cc(C(C)(C)C)cc1[Si](C)(C)C1c2ccccc2-c2ccccc21. The van der Waals surface area contributed by atoms with Gasteiger partial charge in [-0.05, 0) is 49.4 Å². The zero-order valence-electron chi connectivity index (χ0n) is 21.3. The van der Waals surface area contributed by atoms with E-state index >= 15 is 0 Å². The zero-order chi connectivity index (χ0) is 23.5. The fourth-order valence-corrected chi connectivity index (χ4v) is 9.13. The summed E-state index contributed by atoms with van der Waals surface area (Å²) in [5.41, 5.74) is 8.98. The van der Waals surface area contributed by atoms with Crippen LogP contribution in [0.4, 0.5) is 0 Å². The van der Waals surface area contributed by atoms with Crippen molar-refractivity contribution in [2.45, 2.75) is 71.0 Å². The molecule has 0 fully saturated rings. The maximum absolute atomic E-state index is 6.23. The molecule has 0 saturated carbocycles. The average Bonchev–Trinajstić information content (AvgIpc) is 3.06. The van der Waals surface area contributed by atoms with E-state index in [1.807, 2.05) is 7.11 Å². The molecule has 0 amide bonds. The summed E-state index contributed by atoms with van der Waals surface area (Å²) < 4.78 is 6.23. The lowest BCUT2D eigenvalue weighted by atomic mass is 9.80. The molecule has 1 nitrogen and oxygen atoms in total. The first kappa shape index (κ1) is 22.9. The van der Waals surface area contributed by atoms with Gasteiger partial charge in [0.1, 0.15) is 5.75 Å². The smallest absolute Gasteiger partial charge is 0.121 e. The second-order valence-corrected chi connectivity index (χ2v) is 16.5. The third kappa shape index (κ3) is 3.63. The van der Waals surface area contributed by atoms with Gasteiger partial charge in [-0.2, -0.15) is 0 Å². The van der Waals surface area contributed by atoms with E-state index in [0.29, 0.717) is 5.54 Å².